The number of aliphatic carboxylic acids is 1. The minimum Gasteiger partial charge on any atom is -0.481 e. The van der Waals surface area contributed by atoms with Gasteiger partial charge in [0, 0.05) is 13.5 Å². The van der Waals surface area contributed by atoms with E-state index in [0.717, 1.165) is 31.5 Å². The number of nitrogens with zero attached hydrogens (tertiary/aromatic N) is 3. The zero-order valence-corrected chi connectivity index (χ0v) is 11.3. The van der Waals surface area contributed by atoms with E-state index < -0.39 is 11.4 Å². The van der Waals surface area contributed by atoms with Gasteiger partial charge in [-0.2, -0.15) is 5.10 Å². The van der Waals surface area contributed by atoms with Crippen LogP contribution in [0, 0.1) is 10.8 Å². The maximum atomic E-state index is 11.7. The molecule has 1 N–H and O–H groups in total. The summed E-state index contributed by atoms with van der Waals surface area (Å²) in [6.45, 7) is 4.42. The lowest BCUT2D eigenvalue weighted by Gasteiger charge is -2.40. The number of carbonyl (C=O) groups is 1. The third kappa shape index (κ3) is 2.40. The molecule has 0 amide bonds. The van der Waals surface area contributed by atoms with Crippen LogP contribution in [0.1, 0.15) is 45.4 Å². The predicted octanol–water partition coefficient (Wildman–Crippen LogP) is 2.03. The Labute approximate surface area is 107 Å². The van der Waals surface area contributed by atoms with Gasteiger partial charge >= 0.3 is 5.97 Å². The Morgan fingerprint density at radius 2 is 2.00 bits per heavy atom. The largest absolute Gasteiger partial charge is 0.481 e. The van der Waals surface area contributed by atoms with Crippen LogP contribution in [0.4, 0.5) is 0 Å². The van der Waals surface area contributed by atoms with E-state index in [1.807, 2.05) is 7.05 Å². The summed E-state index contributed by atoms with van der Waals surface area (Å²) in [6, 6.07) is 0. The van der Waals surface area contributed by atoms with Gasteiger partial charge in [-0.25, -0.2) is 4.98 Å². The van der Waals surface area contributed by atoms with Crippen molar-refractivity contribution in [2.75, 3.05) is 0 Å². The van der Waals surface area contributed by atoms with Crippen LogP contribution in [0.2, 0.25) is 0 Å². The van der Waals surface area contributed by atoms with Crippen LogP contribution in [-0.2, 0) is 18.3 Å². The normalized spacial score (nSPS) is 21.7. The van der Waals surface area contributed by atoms with Gasteiger partial charge in [0.15, 0.2) is 0 Å². The molecule has 0 radical (unpaired) electrons. The molecule has 2 rings (SSSR count). The number of hydrogen-bond acceptors (Lipinski definition) is 3. The lowest BCUT2D eigenvalue weighted by atomic mass is 9.63. The van der Waals surface area contributed by atoms with E-state index in [1.165, 1.54) is 6.33 Å². The second-order valence-corrected chi connectivity index (χ2v) is 6.23. The van der Waals surface area contributed by atoms with E-state index in [2.05, 4.69) is 23.9 Å². The average molecular weight is 251 g/mol. The summed E-state index contributed by atoms with van der Waals surface area (Å²) in [6.07, 6.45) is 5.32. The summed E-state index contributed by atoms with van der Waals surface area (Å²) in [5, 5.41) is 13.6. The molecule has 0 atom stereocenters. The molecule has 1 aliphatic rings. The Kier molecular flexibility index (Phi) is 3.17. The molecule has 0 aromatic carbocycles. The molecule has 1 aromatic rings. The van der Waals surface area contributed by atoms with Gasteiger partial charge in [-0.15, -0.1) is 0 Å². The van der Waals surface area contributed by atoms with E-state index >= 15 is 0 Å². The van der Waals surface area contributed by atoms with Crippen molar-refractivity contribution in [2.45, 2.75) is 46.0 Å². The fourth-order valence-electron chi connectivity index (χ4n) is 2.65. The molecule has 100 valence electrons. The number of aryl methyl sites for hydroxylation is 1. The third-order valence-corrected chi connectivity index (χ3v) is 4.32. The molecule has 1 aliphatic carbocycles. The van der Waals surface area contributed by atoms with Gasteiger partial charge in [0.1, 0.15) is 12.2 Å². The van der Waals surface area contributed by atoms with Crippen LogP contribution < -0.4 is 0 Å². The average Bonchev–Trinajstić information content (AvgIpc) is 2.67. The summed E-state index contributed by atoms with van der Waals surface area (Å²) >= 11 is 0. The zero-order chi connectivity index (χ0) is 13.4. The molecule has 1 saturated carbocycles. The smallest absolute Gasteiger partial charge is 0.310 e. The first-order valence-electron chi connectivity index (χ1n) is 6.41. The number of hydrogen-bond donors (Lipinski definition) is 1. The molecule has 18 heavy (non-hydrogen) atoms. The van der Waals surface area contributed by atoms with Gasteiger partial charge in [0.25, 0.3) is 0 Å². The number of rotatable bonds is 3. The van der Waals surface area contributed by atoms with Crippen LogP contribution in [0.15, 0.2) is 6.33 Å². The maximum absolute atomic E-state index is 11.7. The van der Waals surface area contributed by atoms with Crippen LogP contribution >= 0.6 is 0 Å². The third-order valence-electron chi connectivity index (χ3n) is 4.32. The van der Waals surface area contributed by atoms with Crippen molar-refractivity contribution in [3.8, 4) is 0 Å². The molecule has 0 unspecified atom stereocenters. The Balaban J connectivity index is 2.19. The molecule has 0 spiro atoms. The van der Waals surface area contributed by atoms with Crippen LogP contribution in [0.25, 0.3) is 0 Å². The number of carboxylic acid groups (broad SMARTS) is 1. The van der Waals surface area contributed by atoms with Crippen LogP contribution in [-0.4, -0.2) is 25.8 Å². The van der Waals surface area contributed by atoms with Crippen molar-refractivity contribution in [2.24, 2.45) is 17.9 Å². The highest BCUT2D eigenvalue weighted by molar-refractivity contribution is 5.75. The second-order valence-electron chi connectivity index (χ2n) is 6.23. The van der Waals surface area contributed by atoms with Gasteiger partial charge < -0.3 is 5.11 Å². The molecule has 1 heterocycles. The zero-order valence-electron chi connectivity index (χ0n) is 11.3. The van der Waals surface area contributed by atoms with Gasteiger partial charge in [0.2, 0.25) is 0 Å². The topological polar surface area (TPSA) is 68.0 Å². The second kappa shape index (κ2) is 4.37. The van der Waals surface area contributed by atoms with Gasteiger partial charge in [-0.1, -0.05) is 13.8 Å². The Morgan fingerprint density at radius 1 is 1.39 bits per heavy atom. The fraction of sp³-hybridized carbons (Fsp3) is 0.769. The van der Waals surface area contributed by atoms with Gasteiger partial charge in [0.05, 0.1) is 5.41 Å². The highest BCUT2D eigenvalue weighted by Crippen LogP contribution is 2.46. The van der Waals surface area contributed by atoms with Crippen molar-refractivity contribution in [1.29, 1.82) is 0 Å². The molecule has 0 bridgehead atoms. The Morgan fingerprint density at radius 3 is 2.44 bits per heavy atom. The molecule has 1 fully saturated rings. The minimum absolute atomic E-state index is 0.263. The van der Waals surface area contributed by atoms with E-state index in [0.29, 0.717) is 6.42 Å². The van der Waals surface area contributed by atoms with E-state index in [1.54, 1.807) is 4.68 Å². The van der Waals surface area contributed by atoms with Crippen LogP contribution in [0.5, 0.6) is 0 Å². The molecule has 5 heteroatoms. The summed E-state index contributed by atoms with van der Waals surface area (Å²) in [5.74, 6) is 0.0677. The van der Waals surface area contributed by atoms with E-state index in [9.17, 15) is 9.90 Å². The Bertz CT molecular complexity index is 441. The van der Waals surface area contributed by atoms with E-state index in [4.69, 9.17) is 0 Å². The van der Waals surface area contributed by atoms with Crippen molar-refractivity contribution in [3.05, 3.63) is 12.2 Å². The highest BCUT2D eigenvalue weighted by atomic mass is 16.4. The lowest BCUT2D eigenvalue weighted by molar-refractivity contribution is -0.152. The number of aromatic nitrogens is 3. The van der Waals surface area contributed by atoms with Gasteiger partial charge in [-0.05, 0) is 31.1 Å². The van der Waals surface area contributed by atoms with E-state index in [-0.39, 0.29) is 5.41 Å². The molecule has 0 saturated heterocycles. The van der Waals surface area contributed by atoms with Crippen molar-refractivity contribution in [3.63, 3.8) is 0 Å². The highest BCUT2D eigenvalue weighted by Gasteiger charge is 2.44. The van der Waals surface area contributed by atoms with Gasteiger partial charge in [-0.3, -0.25) is 9.48 Å². The number of carboxylic acids is 1. The standard InChI is InChI=1S/C13H21N3O2/c1-12(2)4-6-13(7-5-12,11(17)18)8-10-14-9-15-16(10)3/h9H,4-8H2,1-3H3,(H,17,18). The summed E-state index contributed by atoms with van der Waals surface area (Å²) < 4.78 is 1.67. The van der Waals surface area contributed by atoms with Crippen molar-refractivity contribution < 1.29 is 9.90 Å². The molecule has 1 aromatic heterocycles. The maximum Gasteiger partial charge on any atom is 0.310 e. The molecular formula is C13H21N3O2. The molecule has 5 nitrogen and oxygen atoms in total. The first-order chi connectivity index (χ1) is 8.35. The summed E-state index contributed by atoms with van der Waals surface area (Å²) in [5.41, 5.74) is -0.394. The monoisotopic (exact) mass is 251 g/mol. The Hall–Kier alpha value is -1.39. The molecule has 0 aliphatic heterocycles. The predicted molar refractivity (Wildman–Crippen MR) is 67.0 cm³/mol. The fourth-order valence-corrected chi connectivity index (χ4v) is 2.65. The SMILES string of the molecule is Cn1ncnc1CC1(C(=O)O)CCC(C)(C)CC1. The first kappa shape index (κ1) is 13.1. The first-order valence-corrected chi connectivity index (χ1v) is 6.41. The minimum atomic E-state index is -0.694. The van der Waals surface area contributed by atoms with Crippen molar-refractivity contribution in [1.82, 2.24) is 14.8 Å². The molecular weight excluding hydrogens is 230 g/mol. The lowest BCUT2D eigenvalue weighted by Crippen LogP contribution is -2.40. The summed E-state index contributed by atoms with van der Waals surface area (Å²) in [4.78, 5) is 15.8. The summed E-state index contributed by atoms with van der Waals surface area (Å²) in [7, 11) is 1.81. The van der Waals surface area contributed by atoms with Crippen LogP contribution in [0.3, 0.4) is 0 Å². The quantitative estimate of drug-likeness (QED) is 0.892. The van der Waals surface area contributed by atoms with Crippen molar-refractivity contribution >= 4 is 5.97 Å².